The number of hydrogen-bond donors (Lipinski definition) is 3. The van der Waals surface area contributed by atoms with E-state index in [4.69, 9.17) is 9.47 Å². The van der Waals surface area contributed by atoms with E-state index in [1.54, 1.807) is 18.7 Å². The van der Waals surface area contributed by atoms with Gasteiger partial charge in [0.2, 0.25) is 11.7 Å². The van der Waals surface area contributed by atoms with E-state index in [0.717, 1.165) is 31.2 Å². The molecule has 1 aromatic carbocycles. The molecule has 1 saturated heterocycles. The summed E-state index contributed by atoms with van der Waals surface area (Å²) in [6.07, 6.45) is 5.84. The summed E-state index contributed by atoms with van der Waals surface area (Å²) < 4.78 is 11.1. The van der Waals surface area contributed by atoms with Crippen LogP contribution in [-0.2, 0) is 30.5 Å². The van der Waals surface area contributed by atoms with E-state index in [9.17, 15) is 19.2 Å². The van der Waals surface area contributed by atoms with Gasteiger partial charge in [-0.3, -0.25) is 14.4 Å². The van der Waals surface area contributed by atoms with Crippen LogP contribution in [0.5, 0.6) is 0 Å². The van der Waals surface area contributed by atoms with Crippen LogP contribution < -0.4 is 16.0 Å². The summed E-state index contributed by atoms with van der Waals surface area (Å²) in [6, 6.07) is 6.86. The van der Waals surface area contributed by atoms with Gasteiger partial charge in [-0.1, -0.05) is 62.4 Å². The molecule has 10 heteroatoms. The number of carbonyl (C=O) groups excluding carboxylic acids is 4. The number of morpholine rings is 1. The SMILES string of the molecule is CC(C)NC(=O)C(=O)[C@@H](COCc1ccccc1)NC(=O)[C@H](CC1CCCCC1)NC(=O)N1CCOCC1. The van der Waals surface area contributed by atoms with Crippen LogP contribution in [0.4, 0.5) is 4.79 Å². The molecule has 0 unspecified atom stereocenters. The second-order valence-corrected chi connectivity index (χ2v) is 10.4. The first-order valence-electron chi connectivity index (χ1n) is 13.7. The summed E-state index contributed by atoms with van der Waals surface area (Å²) in [5.41, 5.74) is 0.907. The Morgan fingerprint density at radius 1 is 0.947 bits per heavy atom. The summed E-state index contributed by atoms with van der Waals surface area (Å²) in [7, 11) is 0. The number of Topliss-reactive ketones (excluding diaryl/α,β-unsaturated/α-hetero) is 1. The number of urea groups is 1. The summed E-state index contributed by atoms with van der Waals surface area (Å²) in [4.78, 5) is 53.7. The van der Waals surface area contributed by atoms with Gasteiger partial charge in [-0.15, -0.1) is 0 Å². The molecule has 1 heterocycles. The number of benzene rings is 1. The van der Waals surface area contributed by atoms with E-state index in [2.05, 4.69) is 16.0 Å². The average molecular weight is 531 g/mol. The fourth-order valence-electron chi connectivity index (χ4n) is 4.81. The molecule has 3 rings (SSSR count). The lowest BCUT2D eigenvalue weighted by Crippen LogP contribution is -2.58. The Hall–Kier alpha value is -2.98. The lowest BCUT2D eigenvalue weighted by Gasteiger charge is -2.31. The van der Waals surface area contributed by atoms with E-state index in [1.807, 2.05) is 30.3 Å². The third-order valence-electron chi connectivity index (χ3n) is 6.88. The number of rotatable bonds is 12. The number of nitrogens with one attached hydrogen (secondary N) is 3. The number of ether oxygens (including phenoxy) is 2. The number of carbonyl (C=O) groups is 4. The van der Waals surface area contributed by atoms with E-state index in [1.165, 1.54) is 6.42 Å². The molecule has 2 atom stereocenters. The third-order valence-corrected chi connectivity index (χ3v) is 6.88. The van der Waals surface area contributed by atoms with E-state index >= 15 is 0 Å². The largest absolute Gasteiger partial charge is 0.378 e. The molecule has 0 radical (unpaired) electrons. The van der Waals surface area contributed by atoms with Gasteiger partial charge in [0.05, 0.1) is 26.4 Å². The van der Waals surface area contributed by atoms with Gasteiger partial charge in [-0.25, -0.2) is 4.79 Å². The molecule has 10 nitrogen and oxygen atoms in total. The minimum Gasteiger partial charge on any atom is -0.378 e. The molecule has 1 saturated carbocycles. The molecule has 0 spiro atoms. The van der Waals surface area contributed by atoms with Crippen molar-refractivity contribution in [2.24, 2.45) is 5.92 Å². The smallest absolute Gasteiger partial charge is 0.318 e. The Morgan fingerprint density at radius 2 is 1.63 bits per heavy atom. The molecule has 0 bridgehead atoms. The van der Waals surface area contributed by atoms with Crippen molar-refractivity contribution in [2.45, 2.75) is 77.1 Å². The van der Waals surface area contributed by atoms with Gasteiger partial charge in [-0.2, -0.15) is 0 Å². The highest BCUT2D eigenvalue weighted by molar-refractivity contribution is 6.38. The predicted molar refractivity (Wildman–Crippen MR) is 142 cm³/mol. The lowest BCUT2D eigenvalue weighted by molar-refractivity contribution is -0.141. The summed E-state index contributed by atoms with van der Waals surface area (Å²) in [5.74, 6) is -1.75. The van der Waals surface area contributed by atoms with Gasteiger partial charge >= 0.3 is 6.03 Å². The molecular formula is C28H42N4O6. The fraction of sp³-hybridized carbons (Fsp3) is 0.643. The van der Waals surface area contributed by atoms with E-state index in [0.29, 0.717) is 38.6 Å². The standard InChI is InChI=1S/C28H42N4O6/c1-20(2)29-27(35)25(33)24(19-38-18-22-11-7-4-8-12-22)30-26(34)23(17-21-9-5-3-6-10-21)31-28(36)32-13-15-37-16-14-32/h4,7-8,11-12,20-21,23-24H,3,5-6,9-10,13-19H2,1-2H3,(H,29,35)(H,30,34)(H,31,36)/t23-,24+/m0/s1. The monoisotopic (exact) mass is 530 g/mol. The zero-order chi connectivity index (χ0) is 27.3. The van der Waals surface area contributed by atoms with Crippen LogP contribution in [0.2, 0.25) is 0 Å². The minimum absolute atomic E-state index is 0.168. The topological polar surface area (TPSA) is 126 Å². The normalized spacial score (nSPS) is 17.9. The molecular weight excluding hydrogens is 488 g/mol. The molecule has 3 N–H and O–H groups in total. The van der Waals surface area contributed by atoms with Crippen molar-refractivity contribution < 1.29 is 28.7 Å². The molecule has 4 amide bonds. The summed E-state index contributed by atoms with van der Waals surface area (Å²) >= 11 is 0. The van der Waals surface area contributed by atoms with E-state index < -0.39 is 29.7 Å². The average Bonchev–Trinajstić information content (AvgIpc) is 2.93. The molecule has 38 heavy (non-hydrogen) atoms. The Morgan fingerprint density at radius 3 is 2.29 bits per heavy atom. The first-order valence-corrected chi connectivity index (χ1v) is 13.7. The van der Waals surface area contributed by atoms with Gasteiger partial charge in [0.1, 0.15) is 12.1 Å². The molecule has 2 fully saturated rings. The van der Waals surface area contributed by atoms with Gasteiger partial charge < -0.3 is 30.3 Å². The van der Waals surface area contributed by atoms with Crippen molar-refractivity contribution in [2.75, 3.05) is 32.9 Å². The molecule has 1 aromatic rings. The number of hydrogen-bond acceptors (Lipinski definition) is 6. The quantitative estimate of drug-likeness (QED) is 0.356. The zero-order valence-corrected chi connectivity index (χ0v) is 22.6. The maximum absolute atomic E-state index is 13.5. The van der Waals surface area contributed by atoms with Crippen LogP contribution in [0, 0.1) is 5.92 Å². The van der Waals surface area contributed by atoms with E-state index in [-0.39, 0.29) is 25.3 Å². The predicted octanol–water partition coefficient (Wildman–Crippen LogP) is 2.16. The second kappa shape index (κ2) is 15.4. The summed E-state index contributed by atoms with van der Waals surface area (Å²) in [5, 5.41) is 8.20. The number of ketones is 1. The van der Waals surface area contributed by atoms with Crippen molar-refractivity contribution in [3.05, 3.63) is 35.9 Å². The maximum atomic E-state index is 13.5. The van der Waals surface area contributed by atoms with Crippen molar-refractivity contribution in [3.8, 4) is 0 Å². The van der Waals surface area contributed by atoms with Crippen molar-refractivity contribution in [1.82, 2.24) is 20.9 Å². The van der Waals surface area contributed by atoms with Crippen LogP contribution in [-0.4, -0.2) is 79.6 Å². The Kier molecular flexibility index (Phi) is 12.0. The maximum Gasteiger partial charge on any atom is 0.318 e. The molecule has 0 aromatic heterocycles. The Labute approximate surface area is 225 Å². The summed E-state index contributed by atoms with van der Waals surface area (Å²) in [6.45, 7) is 5.38. The molecule has 2 aliphatic rings. The van der Waals surface area contributed by atoms with Crippen molar-refractivity contribution >= 4 is 23.6 Å². The van der Waals surface area contributed by atoms with Crippen LogP contribution in [0.1, 0.15) is 57.9 Å². The fourth-order valence-corrected chi connectivity index (χ4v) is 4.81. The number of amides is 4. The van der Waals surface area contributed by atoms with Crippen LogP contribution in [0.25, 0.3) is 0 Å². The Bertz CT molecular complexity index is 913. The first-order chi connectivity index (χ1) is 18.3. The van der Waals surface area contributed by atoms with Gasteiger partial charge in [0, 0.05) is 19.1 Å². The number of nitrogens with zero attached hydrogens (tertiary/aromatic N) is 1. The van der Waals surface area contributed by atoms with Crippen LogP contribution in [0.15, 0.2) is 30.3 Å². The lowest BCUT2D eigenvalue weighted by atomic mass is 9.84. The molecule has 1 aliphatic carbocycles. The third kappa shape index (κ3) is 9.72. The van der Waals surface area contributed by atoms with Crippen molar-refractivity contribution in [3.63, 3.8) is 0 Å². The molecule has 210 valence electrons. The first kappa shape index (κ1) is 29.6. The highest BCUT2D eigenvalue weighted by Gasteiger charge is 2.33. The molecule has 1 aliphatic heterocycles. The highest BCUT2D eigenvalue weighted by atomic mass is 16.5. The van der Waals surface area contributed by atoms with Gasteiger partial charge in [-0.05, 0) is 31.7 Å². The second-order valence-electron chi connectivity index (χ2n) is 10.4. The van der Waals surface area contributed by atoms with Crippen LogP contribution >= 0.6 is 0 Å². The highest BCUT2D eigenvalue weighted by Crippen LogP contribution is 2.27. The van der Waals surface area contributed by atoms with Crippen LogP contribution in [0.3, 0.4) is 0 Å². The van der Waals surface area contributed by atoms with Crippen molar-refractivity contribution in [1.29, 1.82) is 0 Å². The Balaban J connectivity index is 1.70. The minimum atomic E-state index is -1.18. The van der Waals surface area contributed by atoms with Gasteiger partial charge in [0.25, 0.3) is 5.91 Å². The zero-order valence-electron chi connectivity index (χ0n) is 22.6. The van der Waals surface area contributed by atoms with Gasteiger partial charge in [0.15, 0.2) is 0 Å².